The van der Waals surface area contributed by atoms with Crippen LogP contribution in [0.2, 0.25) is 0 Å². The maximum atomic E-state index is 12.8. The van der Waals surface area contributed by atoms with Crippen LogP contribution in [-0.4, -0.2) is 22.1 Å². The van der Waals surface area contributed by atoms with E-state index in [0.29, 0.717) is 17.4 Å². The Morgan fingerprint density at radius 3 is 2.69 bits per heavy atom. The molecule has 6 heteroatoms. The fourth-order valence-corrected chi connectivity index (χ4v) is 3.00. The highest BCUT2D eigenvalue weighted by molar-refractivity contribution is 6.02. The smallest absolute Gasteiger partial charge is 0.267 e. The number of unbranched alkanes of at least 4 members (excludes halogenated alkanes) is 4. The average molecular weight is 355 g/mol. The van der Waals surface area contributed by atoms with Gasteiger partial charge >= 0.3 is 0 Å². The molecule has 0 spiro atoms. The third-order valence-electron chi connectivity index (χ3n) is 4.39. The molecular formula is C20H25N3O3. The molecule has 2 aromatic rings. The average Bonchev–Trinajstić information content (AvgIpc) is 2.64. The lowest BCUT2D eigenvalue weighted by molar-refractivity contribution is 0.0948. The summed E-state index contributed by atoms with van der Waals surface area (Å²) in [7, 11) is 0. The second-order valence-corrected chi connectivity index (χ2v) is 6.28. The van der Waals surface area contributed by atoms with E-state index in [9.17, 15) is 14.7 Å². The molecule has 1 aromatic carbocycles. The highest BCUT2D eigenvalue weighted by atomic mass is 16.3. The summed E-state index contributed by atoms with van der Waals surface area (Å²) >= 11 is 0. The number of aromatic nitrogens is 1. The van der Waals surface area contributed by atoms with Gasteiger partial charge in [-0.25, -0.2) is 0 Å². The summed E-state index contributed by atoms with van der Waals surface area (Å²) in [5, 5.41) is 22.5. The van der Waals surface area contributed by atoms with E-state index in [-0.39, 0.29) is 24.3 Å². The number of para-hydroxylation sites is 1. The number of hydrogen-bond donors (Lipinski definition) is 2. The maximum absolute atomic E-state index is 12.8. The van der Waals surface area contributed by atoms with E-state index >= 15 is 0 Å². The van der Waals surface area contributed by atoms with Crippen molar-refractivity contribution in [1.29, 1.82) is 5.26 Å². The Labute approximate surface area is 153 Å². The Bertz CT molecular complexity index is 865. The summed E-state index contributed by atoms with van der Waals surface area (Å²) in [4.78, 5) is 25.3. The van der Waals surface area contributed by atoms with E-state index in [1.54, 1.807) is 24.3 Å². The molecule has 0 aliphatic rings. The number of rotatable bonds is 9. The zero-order valence-corrected chi connectivity index (χ0v) is 15.1. The van der Waals surface area contributed by atoms with Crippen LogP contribution in [0.15, 0.2) is 29.1 Å². The molecule has 138 valence electrons. The van der Waals surface area contributed by atoms with E-state index in [1.165, 1.54) is 11.0 Å². The van der Waals surface area contributed by atoms with Gasteiger partial charge in [0.15, 0.2) is 0 Å². The molecule has 0 saturated carbocycles. The molecule has 2 rings (SSSR count). The van der Waals surface area contributed by atoms with E-state index in [0.717, 1.165) is 25.7 Å². The molecule has 26 heavy (non-hydrogen) atoms. The summed E-state index contributed by atoms with van der Waals surface area (Å²) in [6.45, 7) is 2.78. The number of nitrogens with one attached hydrogen (secondary N) is 1. The monoisotopic (exact) mass is 355 g/mol. The number of aryl methyl sites for hydroxylation is 1. The van der Waals surface area contributed by atoms with Crippen molar-refractivity contribution in [3.8, 4) is 11.8 Å². The highest BCUT2D eigenvalue weighted by Gasteiger charge is 2.21. The predicted octanol–water partition coefficient (Wildman–Crippen LogP) is 3.32. The van der Waals surface area contributed by atoms with Crippen LogP contribution in [0.25, 0.3) is 10.9 Å². The Balaban J connectivity index is 2.27. The van der Waals surface area contributed by atoms with Gasteiger partial charge in [0.05, 0.1) is 18.0 Å². The van der Waals surface area contributed by atoms with Crippen molar-refractivity contribution >= 4 is 16.8 Å². The van der Waals surface area contributed by atoms with Crippen LogP contribution in [0.5, 0.6) is 5.75 Å². The lowest BCUT2D eigenvalue weighted by Crippen LogP contribution is -2.34. The normalized spacial score (nSPS) is 10.6. The number of benzene rings is 1. The van der Waals surface area contributed by atoms with E-state index in [2.05, 4.69) is 12.2 Å². The first-order valence-electron chi connectivity index (χ1n) is 9.11. The van der Waals surface area contributed by atoms with Crippen LogP contribution in [0, 0.1) is 11.3 Å². The highest BCUT2D eigenvalue weighted by Crippen LogP contribution is 2.26. The van der Waals surface area contributed by atoms with Crippen molar-refractivity contribution in [3.63, 3.8) is 0 Å². The Hall–Kier alpha value is -2.81. The topological polar surface area (TPSA) is 95.1 Å². The number of nitriles is 1. The van der Waals surface area contributed by atoms with E-state index in [4.69, 9.17) is 5.26 Å². The minimum absolute atomic E-state index is 0.146. The van der Waals surface area contributed by atoms with Crippen molar-refractivity contribution in [2.75, 3.05) is 6.54 Å². The molecule has 0 aliphatic heterocycles. The Kier molecular flexibility index (Phi) is 7.22. The van der Waals surface area contributed by atoms with Gasteiger partial charge in [-0.15, -0.1) is 0 Å². The standard InChI is InChI=1S/C20H25N3O3/c1-2-3-4-5-8-13-22-19(25)17-18(24)15-10-6-7-11-16(15)23(20(17)26)14-9-12-21/h6-7,10-11,24H,2-5,8-9,13-14H2,1H3,(H,22,25). The molecule has 0 aliphatic carbocycles. The zero-order valence-electron chi connectivity index (χ0n) is 15.1. The minimum atomic E-state index is -0.570. The number of pyridine rings is 1. The van der Waals surface area contributed by atoms with Gasteiger partial charge in [-0.05, 0) is 18.6 Å². The van der Waals surface area contributed by atoms with E-state index < -0.39 is 11.5 Å². The summed E-state index contributed by atoms with van der Waals surface area (Å²) < 4.78 is 1.38. The number of hydrogen-bond acceptors (Lipinski definition) is 4. The van der Waals surface area contributed by atoms with Crippen molar-refractivity contribution < 1.29 is 9.90 Å². The molecule has 1 heterocycles. The molecule has 2 N–H and O–H groups in total. The van der Waals surface area contributed by atoms with Gasteiger partial charge in [0.25, 0.3) is 11.5 Å². The molecule has 0 unspecified atom stereocenters. The number of carbonyl (C=O) groups is 1. The molecule has 0 fully saturated rings. The van der Waals surface area contributed by atoms with Gasteiger partial charge in [-0.3, -0.25) is 9.59 Å². The molecular weight excluding hydrogens is 330 g/mol. The fraction of sp³-hybridized carbons (Fsp3) is 0.450. The number of aromatic hydroxyl groups is 1. The van der Waals surface area contributed by atoms with Crippen molar-refractivity contribution in [1.82, 2.24) is 9.88 Å². The third-order valence-corrected chi connectivity index (χ3v) is 4.39. The summed E-state index contributed by atoms with van der Waals surface area (Å²) in [5.74, 6) is -0.873. The van der Waals surface area contributed by atoms with Crippen LogP contribution < -0.4 is 10.9 Å². The molecule has 6 nitrogen and oxygen atoms in total. The first kappa shape index (κ1) is 19.5. The molecule has 0 bridgehead atoms. The van der Waals surface area contributed by atoms with Crippen molar-refractivity contribution in [2.24, 2.45) is 0 Å². The molecule has 0 radical (unpaired) electrons. The molecule has 0 saturated heterocycles. The predicted molar refractivity (Wildman–Crippen MR) is 101 cm³/mol. The minimum Gasteiger partial charge on any atom is -0.506 e. The number of amides is 1. The second-order valence-electron chi connectivity index (χ2n) is 6.28. The van der Waals surface area contributed by atoms with Gasteiger partial charge in [-0.1, -0.05) is 44.7 Å². The summed E-state index contributed by atoms with van der Waals surface area (Å²) in [6, 6.07) is 8.85. The van der Waals surface area contributed by atoms with Gasteiger partial charge in [0.2, 0.25) is 0 Å². The first-order chi connectivity index (χ1) is 12.6. The third kappa shape index (κ3) is 4.42. The number of fused-ring (bicyclic) bond motifs is 1. The van der Waals surface area contributed by atoms with Crippen LogP contribution in [0.1, 0.15) is 55.8 Å². The molecule has 1 amide bonds. The largest absolute Gasteiger partial charge is 0.506 e. The zero-order chi connectivity index (χ0) is 18.9. The van der Waals surface area contributed by atoms with Gasteiger partial charge in [0, 0.05) is 18.5 Å². The van der Waals surface area contributed by atoms with Crippen molar-refractivity contribution in [2.45, 2.75) is 52.0 Å². The summed E-state index contributed by atoms with van der Waals surface area (Å²) in [6.07, 6.45) is 5.44. The fourth-order valence-electron chi connectivity index (χ4n) is 3.00. The molecule has 1 aromatic heterocycles. The Morgan fingerprint density at radius 1 is 1.23 bits per heavy atom. The van der Waals surface area contributed by atoms with Crippen LogP contribution >= 0.6 is 0 Å². The second kappa shape index (κ2) is 9.62. The van der Waals surface area contributed by atoms with Crippen LogP contribution in [0.4, 0.5) is 0 Å². The Morgan fingerprint density at radius 2 is 1.96 bits per heavy atom. The van der Waals surface area contributed by atoms with E-state index in [1.807, 2.05) is 6.07 Å². The number of carbonyl (C=O) groups excluding carboxylic acids is 1. The maximum Gasteiger partial charge on any atom is 0.267 e. The lowest BCUT2D eigenvalue weighted by Gasteiger charge is -2.14. The first-order valence-corrected chi connectivity index (χ1v) is 9.11. The van der Waals surface area contributed by atoms with Crippen LogP contribution in [0.3, 0.4) is 0 Å². The van der Waals surface area contributed by atoms with Crippen molar-refractivity contribution in [3.05, 3.63) is 40.2 Å². The van der Waals surface area contributed by atoms with Gasteiger partial charge in [-0.2, -0.15) is 5.26 Å². The quantitative estimate of drug-likeness (QED) is 0.675. The van der Waals surface area contributed by atoms with Gasteiger partial charge in [0.1, 0.15) is 11.3 Å². The molecule has 0 atom stereocenters. The van der Waals surface area contributed by atoms with Gasteiger partial charge < -0.3 is 15.0 Å². The number of nitrogens with zero attached hydrogens (tertiary/aromatic N) is 2. The SMILES string of the molecule is CCCCCCCNC(=O)c1c(O)c2ccccc2n(CCC#N)c1=O. The van der Waals surface area contributed by atoms with Crippen LogP contribution in [-0.2, 0) is 6.54 Å². The lowest BCUT2D eigenvalue weighted by atomic mass is 10.1. The summed E-state index contributed by atoms with van der Waals surface area (Å²) in [5.41, 5.74) is -0.309.